The largest absolute Gasteiger partial charge is 0.497 e. The number of amides is 1. The van der Waals surface area contributed by atoms with Crippen molar-refractivity contribution >= 4 is 28.7 Å². The van der Waals surface area contributed by atoms with Crippen molar-refractivity contribution < 1.29 is 55.7 Å². The summed E-state index contributed by atoms with van der Waals surface area (Å²) in [6.07, 6.45) is -4.54. The average Bonchev–Trinajstić information content (AvgIpc) is 3.63. The zero-order valence-electron chi connectivity index (χ0n) is 24.0. The van der Waals surface area contributed by atoms with E-state index in [4.69, 9.17) is 24.5 Å². The first-order valence-corrected chi connectivity index (χ1v) is 12.7. The number of rotatable bonds is 8. The molecule has 4 aromatic rings. The number of benzene rings is 2. The van der Waals surface area contributed by atoms with Gasteiger partial charge in [-0.2, -0.15) is 31.4 Å². The van der Waals surface area contributed by atoms with Gasteiger partial charge in [0.15, 0.2) is 0 Å². The molecule has 2 aromatic carbocycles. The molecule has 0 aliphatic carbocycles. The highest BCUT2D eigenvalue weighted by molar-refractivity contribution is 6.07. The van der Waals surface area contributed by atoms with E-state index >= 15 is 0 Å². The summed E-state index contributed by atoms with van der Waals surface area (Å²) in [5, 5.41) is 25.1. The molecular formula is C28H29F6N5O6. The van der Waals surface area contributed by atoms with E-state index in [-0.39, 0.29) is 5.91 Å². The van der Waals surface area contributed by atoms with Crippen LogP contribution in [0.2, 0.25) is 0 Å². The summed E-state index contributed by atoms with van der Waals surface area (Å²) >= 11 is 0. The fraction of sp³-hybridized carbons (Fsp3) is 0.286. The van der Waals surface area contributed by atoms with E-state index in [1.54, 1.807) is 13.3 Å². The van der Waals surface area contributed by atoms with Crippen molar-refractivity contribution in [3.63, 3.8) is 0 Å². The van der Waals surface area contributed by atoms with Gasteiger partial charge in [0.2, 0.25) is 0 Å². The van der Waals surface area contributed by atoms with Crippen LogP contribution in [0.25, 0.3) is 22.0 Å². The van der Waals surface area contributed by atoms with Crippen LogP contribution >= 0.6 is 0 Å². The molecule has 2 heterocycles. The third-order valence-electron chi connectivity index (χ3n) is 5.82. The standard InChI is InChI=1S/C24H27N5O2.2C2HF3O2/c1-28(2)9-10-29-16-22(24(30)25-13-17-5-4-6-20(11-17)31-3)21-8-7-18(12-23(21)29)19-14-26-27-15-19;2*3-2(4,5)1(6)7/h4-8,11-12,14-16H,9-10,13H2,1-3H3,(H,25,30)(H,26,27);2*(H,6,7). The number of nitrogens with zero attached hydrogens (tertiary/aromatic N) is 3. The Labute approximate surface area is 252 Å². The third kappa shape index (κ3) is 11.2. The number of halogens is 6. The van der Waals surface area contributed by atoms with Gasteiger partial charge < -0.3 is 29.7 Å². The van der Waals surface area contributed by atoms with Crippen molar-refractivity contribution in [1.82, 2.24) is 25.0 Å². The second-order valence-corrected chi connectivity index (χ2v) is 9.40. The Balaban J connectivity index is 0.000000421. The number of carboxylic acids is 2. The molecule has 244 valence electrons. The Morgan fingerprint density at radius 1 is 0.978 bits per heavy atom. The number of likely N-dealkylation sites (N-methyl/N-ethyl adjacent to an activating group) is 1. The van der Waals surface area contributed by atoms with Gasteiger partial charge in [0.05, 0.1) is 18.9 Å². The molecule has 0 fully saturated rings. The van der Waals surface area contributed by atoms with Crippen LogP contribution in [-0.4, -0.2) is 87.8 Å². The summed E-state index contributed by atoms with van der Waals surface area (Å²) in [6, 6.07) is 13.9. The average molecular weight is 646 g/mol. The molecule has 0 spiro atoms. The predicted molar refractivity (Wildman–Crippen MR) is 150 cm³/mol. The maximum Gasteiger partial charge on any atom is 0.490 e. The Hall–Kier alpha value is -5.06. The highest BCUT2D eigenvalue weighted by Crippen LogP contribution is 2.28. The Morgan fingerprint density at radius 2 is 1.60 bits per heavy atom. The lowest BCUT2D eigenvalue weighted by molar-refractivity contribution is -0.193. The lowest BCUT2D eigenvalue weighted by Gasteiger charge is -2.11. The summed E-state index contributed by atoms with van der Waals surface area (Å²) in [5.74, 6) is -4.83. The van der Waals surface area contributed by atoms with Crippen LogP contribution in [0.5, 0.6) is 5.75 Å². The molecule has 17 heteroatoms. The van der Waals surface area contributed by atoms with Gasteiger partial charge in [-0.15, -0.1) is 0 Å². The van der Waals surface area contributed by atoms with E-state index in [9.17, 15) is 31.1 Å². The number of hydrogen-bond donors (Lipinski definition) is 4. The van der Waals surface area contributed by atoms with Gasteiger partial charge in [0.1, 0.15) is 5.75 Å². The van der Waals surface area contributed by atoms with Gasteiger partial charge in [-0.25, -0.2) is 9.59 Å². The molecule has 0 aliphatic heterocycles. The van der Waals surface area contributed by atoms with Crippen LogP contribution in [0.3, 0.4) is 0 Å². The van der Waals surface area contributed by atoms with Crippen LogP contribution in [0.1, 0.15) is 15.9 Å². The van der Waals surface area contributed by atoms with E-state index < -0.39 is 24.3 Å². The van der Waals surface area contributed by atoms with Gasteiger partial charge in [0.25, 0.3) is 5.91 Å². The summed E-state index contributed by atoms with van der Waals surface area (Å²) in [4.78, 5) is 33.0. The number of aromatic nitrogens is 3. The highest BCUT2D eigenvalue weighted by Gasteiger charge is 2.38. The number of aromatic amines is 1. The normalized spacial score (nSPS) is 11.2. The molecule has 4 N–H and O–H groups in total. The smallest absolute Gasteiger partial charge is 0.490 e. The molecule has 0 aliphatic rings. The van der Waals surface area contributed by atoms with Gasteiger partial charge in [-0.1, -0.05) is 24.3 Å². The van der Waals surface area contributed by atoms with E-state index in [1.807, 2.05) is 62.9 Å². The molecule has 0 saturated carbocycles. The molecule has 0 unspecified atom stereocenters. The summed E-state index contributed by atoms with van der Waals surface area (Å²) in [5.41, 5.74) is 4.79. The number of nitrogens with one attached hydrogen (secondary N) is 2. The van der Waals surface area contributed by atoms with Crippen LogP contribution in [-0.2, 0) is 22.7 Å². The van der Waals surface area contributed by atoms with Crippen LogP contribution in [0.15, 0.2) is 61.1 Å². The lowest BCUT2D eigenvalue weighted by atomic mass is 10.1. The molecule has 2 aromatic heterocycles. The fourth-order valence-electron chi connectivity index (χ4n) is 3.61. The molecule has 11 nitrogen and oxygen atoms in total. The number of aliphatic carboxylic acids is 2. The number of fused-ring (bicyclic) bond motifs is 1. The first-order valence-electron chi connectivity index (χ1n) is 12.7. The molecule has 4 rings (SSSR count). The van der Waals surface area contributed by atoms with Crippen molar-refractivity contribution in [1.29, 1.82) is 0 Å². The second-order valence-electron chi connectivity index (χ2n) is 9.40. The second kappa shape index (κ2) is 15.6. The molecule has 0 bridgehead atoms. The van der Waals surface area contributed by atoms with E-state index in [0.717, 1.165) is 46.4 Å². The number of methoxy groups -OCH3 is 1. The van der Waals surface area contributed by atoms with Crippen LogP contribution < -0.4 is 10.1 Å². The SMILES string of the molecule is COc1cccc(CNC(=O)c2cn(CCN(C)C)c3cc(-c4cn[nH]c4)ccc23)c1.O=C(O)C(F)(F)F.O=C(O)C(F)(F)F. The van der Waals surface area contributed by atoms with Gasteiger partial charge in [-0.05, 0) is 43.4 Å². The number of carbonyl (C=O) groups is 3. The van der Waals surface area contributed by atoms with E-state index in [0.29, 0.717) is 12.1 Å². The van der Waals surface area contributed by atoms with Crippen molar-refractivity contribution in [2.24, 2.45) is 0 Å². The van der Waals surface area contributed by atoms with Crippen molar-refractivity contribution in [3.05, 3.63) is 72.2 Å². The minimum atomic E-state index is -5.08. The van der Waals surface area contributed by atoms with Gasteiger partial charge >= 0.3 is 24.3 Å². The minimum absolute atomic E-state index is 0.0903. The number of hydrogen-bond acceptors (Lipinski definition) is 6. The molecule has 0 atom stereocenters. The summed E-state index contributed by atoms with van der Waals surface area (Å²) < 4.78 is 70.9. The molecule has 1 amide bonds. The zero-order valence-corrected chi connectivity index (χ0v) is 24.0. The number of H-pyrrole nitrogens is 1. The lowest BCUT2D eigenvalue weighted by Crippen LogP contribution is -2.22. The Bertz CT molecular complexity index is 1560. The maximum atomic E-state index is 13.1. The third-order valence-corrected chi connectivity index (χ3v) is 5.82. The zero-order chi connectivity index (χ0) is 33.9. The van der Waals surface area contributed by atoms with Crippen LogP contribution in [0, 0.1) is 0 Å². The number of carbonyl (C=O) groups excluding carboxylic acids is 1. The first-order chi connectivity index (χ1) is 20.9. The molecule has 0 radical (unpaired) electrons. The van der Waals surface area contributed by atoms with Gasteiger partial charge in [0, 0.05) is 48.5 Å². The predicted octanol–water partition coefficient (Wildman–Crippen LogP) is 4.80. The molecular weight excluding hydrogens is 616 g/mol. The van der Waals surface area contributed by atoms with Crippen molar-refractivity contribution in [3.8, 4) is 16.9 Å². The van der Waals surface area contributed by atoms with Crippen LogP contribution in [0.4, 0.5) is 26.3 Å². The minimum Gasteiger partial charge on any atom is -0.497 e. The summed E-state index contributed by atoms with van der Waals surface area (Å²) in [6.45, 7) is 2.11. The molecule has 0 saturated heterocycles. The topological polar surface area (TPSA) is 150 Å². The maximum absolute atomic E-state index is 13.1. The van der Waals surface area contributed by atoms with E-state index in [2.05, 4.69) is 31.0 Å². The van der Waals surface area contributed by atoms with Crippen molar-refractivity contribution in [2.45, 2.75) is 25.4 Å². The van der Waals surface area contributed by atoms with Gasteiger partial charge in [-0.3, -0.25) is 9.89 Å². The fourth-order valence-corrected chi connectivity index (χ4v) is 3.61. The quantitative estimate of drug-likeness (QED) is 0.200. The molecule has 45 heavy (non-hydrogen) atoms. The highest BCUT2D eigenvalue weighted by atomic mass is 19.4. The number of carboxylic acid groups (broad SMARTS) is 2. The first kappa shape index (κ1) is 36.1. The van der Waals surface area contributed by atoms with E-state index in [1.165, 1.54) is 0 Å². The van der Waals surface area contributed by atoms with Crippen molar-refractivity contribution in [2.75, 3.05) is 27.7 Å². The Morgan fingerprint density at radius 3 is 2.11 bits per heavy atom. The Kier molecular flexibility index (Phi) is 12.5. The number of alkyl halides is 6. The monoisotopic (exact) mass is 645 g/mol. The number of ether oxygens (including phenoxy) is 1. The summed E-state index contributed by atoms with van der Waals surface area (Å²) in [7, 11) is 5.73.